The summed E-state index contributed by atoms with van der Waals surface area (Å²) >= 11 is 0. The largest absolute Gasteiger partial charge is 2.00 e. The fourth-order valence-electron chi connectivity index (χ4n) is 1.19. The monoisotopic (exact) mass is 583 g/mol. The van der Waals surface area contributed by atoms with Gasteiger partial charge in [-0.25, -0.2) is 0 Å². The SMILES string of the molecule is N[C@@H]1CCCC[C@H]1N.O=P([O-])(O)O.O=P([O-])(O)O.[Na+].[Na+].[OH-].[OH-].[Pt+2]. The van der Waals surface area contributed by atoms with Gasteiger partial charge in [-0.05, 0) is 12.8 Å². The summed E-state index contributed by atoms with van der Waals surface area (Å²) in [6, 6.07) is 0.562. The quantitative estimate of drug-likeness (QED) is 0.115. The Morgan fingerprint density at radius 3 is 1.00 bits per heavy atom. The van der Waals surface area contributed by atoms with Crippen molar-refractivity contribution in [3.63, 3.8) is 0 Å². The zero-order valence-corrected chi connectivity index (χ0v) is 20.7. The Bertz CT molecular complexity index is 273. The van der Waals surface area contributed by atoms with Crippen molar-refractivity contribution in [2.75, 3.05) is 0 Å². The second kappa shape index (κ2) is 22.8. The zero-order chi connectivity index (χ0) is 15.0. The van der Waals surface area contributed by atoms with Crippen LogP contribution in [0, 0.1) is 0 Å². The topological polar surface area (TPSA) is 273 Å². The van der Waals surface area contributed by atoms with Gasteiger partial charge in [0, 0.05) is 12.1 Å². The van der Waals surface area contributed by atoms with E-state index in [2.05, 4.69) is 0 Å². The van der Waals surface area contributed by atoms with E-state index < -0.39 is 15.6 Å². The van der Waals surface area contributed by atoms with Crippen LogP contribution >= 0.6 is 15.6 Å². The van der Waals surface area contributed by atoms with Gasteiger partial charge >= 0.3 is 80.2 Å². The van der Waals surface area contributed by atoms with E-state index in [1.54, 1.807) is 0 Å². The normalized spacial score (nSPS) is 19.0. The Kier molecular flexibility index (Phi) is 44.5. The van der Waals surface area contributed by atoms with E-state index in [-0.39, 0.29) is 103 Å². The van der Waals surface area contributed by atoms with Crippen LogP contribution in [0.1, 0.15) is 25.7 Å². The third-order valence-electron chi connectivity index (χ3n) is 1.87. The van der Waals surface area contributed by atoms with Crippen molar-refractivity contribution in [1.82, 2.24) is 0 Å². The van der Waals surface area contributed by atoms with Crippen molar-refractivity contribution in [3.8, 4) is 0 Å². The molecule has 2 atom stereocenters. The molecule has 0 aromatic rings. The molecule has 1 aliphatic rings. The van der Waals surface area contributed by atoms with E-state index in [0.717, 1.165) is 12.8 Å². The predicted molar refractivity (Wildman–Crippen MR) is 62.4 cm³/mol. The van der Waals surface area contributed by atoms with Gasteiger partial charge < -0.3 is 51.8 Å². The first-order valence-electron chi connectivity index (χ1n) is 4.85. The first-order chi connectivity index (χ1) is 7.80. The van der Waals surface area contributed by atoms with Gasteiger partial charge in [0.2, 0.25) is 0 Å². The summed E-state index contributed by atoms with van der Waals surface area (Å²) in [4.78, 5) is 45.8. The standard InChI is InChI=1S/C6H14N2.2Na.2H3O4P.2H2O.Pt/c7-5-3-1-2-4-6(5)8;;;2*1-5(2,3)4;;;/h5-6H,1-4,7-8H2;;;2*(H3,1,2,3,4);2*1H2;/q;2*+1;;;;;+2/p-4/t5-,6-;;;;;;;/m1......./s1. The Balaban J connectivity index is -0.0000000313. The molecule has 0 saturated heterocycles. The van der Waals surface area contributed by atoms with E-state index in [9.17, 15) is 0 Å². The zero-order valence-electron chi connectivity index (χ0n) is 12.7. The Morgan fingerprint density at radius 2 is 0.913 bits per heavy atom. The van der Waals surface area contributed by atoms with Crippen LogP contribution in [0.25, 0.3) is 0 Å². The molecule has 1 aliphatic carbocycles. The minimum absolute atomic E-state index is 0. The van der Waals surface area contributed by atoms with Crippen LogP contribution in [0.2, 0.25) is 0 Å². The summed E-state index contributed by atoms with van der Waals surface area (Å²) in [5.41, 5.74) is 11.3. The summed E-state index contributed by atoms with van der Waals surface area (Å²) in [5, 5.41) is 0. The molecule has 0 aromatic heterocycles. The van der Waals surface area contributed by atoms with Gasteiger partial charge in [0.05, 0.1) is 0 Å². The van der Waals surface area contributed by atoms with Crippen molar-refractivity contribution < 1.29 is 130 Å². The van der Waals surface area contributed by atoms with Crippen LogP contribution in [0.3, 0.4) is 0 Å². The third kappa shape index (κ3) is 67.8. The van der Waals surface area contributed by atoms with Crippen LogP contribution < -0.4 is 80.4 Å². The average molecular weight is 583 g/mol. The van der Waals surface area contributed by atoms with Gasteiger partial charge in [-0.1, -0.05) is 12.8 Å². The maximum atomic E-state index is 8.77. The molecule has 10 N–H and O–H groups in total. The minimum atomic E-state index is -4.89. The predicted octanol–water partition coefficient (Wildman–Crippen LogP) is -9.25. The van der Waals surface area contributed by atoms with Gasteiger partial charge in [0.15, 0.2) is 0 Å². The van der Waals surface area contributed by atoms with Crippen LogP contribution in [-0.4, -0.2) is 42.6 Å². The smallest absolute Gasteiger partial charge is 0.870 e. The van der Waals surface area contributed by atoms with Crippen molar-refractivity contribution in [1.29, 1.82) is 0 Å². The minimum Gasteiger partial charge on any atom is -0.870 e. The van der Waals surface area contributed by atoms with E-state index in [1.165, 1.54) is 12.8 Å². The maximum Gasteiger partial charge on any atom is 2.00 e. The fraction of sp³-hybridized carbons (Fsp3) is 1.00. The van der Waals surface area contributed by atoms with Crippen molar-refractivity contribution in [2.24, 2.45) is 11.5 Å². The molecule has 23 heavy (non-hydrogen) atoms. The van der Waals surface area contributed by atoms with Gasteiger partial charge in [-0.2, -0.15) is 0 Å². The van der Waals surface area contributed by atoms with Crippen LogP contribution in [0.4, 0.5) is 0 Å². The second-order valence-corrected chi connectivity index (χ2v) is 5.56. The number of hydrogen-bond acceptors (Lipinski definition) is 8. The Morgan fingerprint density at radius 1 is 0.783 bits per heavy atom. The third-order valence-corrected chi connectivity index (χ3v) is 1.87. The molecular formula is C6H20N2Na2O10P2Pt. The molecule has 1 fully saturated rings. The maximum absolute atomic E-state index is 8.77. The van der Waals surface area contributed by atoms with Gasteiger partial charge in [-0.15, -0.1) is 0 Å². The first-order valence-corrected chi connectivity index (χ1v) is 7.91. The number of hydrogen-bond donors (Lipinski definition) is 6. The van der Waals surface area contributed by atoms with Gasteiger partial charge in [-0.3, -0.25) is 9.13 Å². The van der Waals surface area contributed by atoms with Crippen molar-refractivity contribution in [2.45, 2.75) is 37.8 Å². The van der Waals surface area contributed by atoms with Gasteiger partial charge in [0.25, 0.3) is 15.6 Å². The van der Waals surface area contributed by atoms with Crippen LogP contribution in [0.5, 0.6) is 0 Å². The molecule has 0 amide bonds. The summed E-state index contributed by atoms with van der Waals surface area (Å²) in [7, 11) is -9.78. The molecular weight excluding hydrogens is 563 g/mol. The van der Waals surface area contributed by atoms with E-state index in [4.69, 9.17) is 50.0 Å². The number of nitrogens with two attached hydrogens (primary N) is 2. The fourth-order valence-corrected chi connectivity index (χ4v) is 1.19. The molecule has 0 aliphatic heterocycles. The molecule has 0 unspecified atom stereocenters. The molecule has 17 heteroatoms. The molecule has 0 aromatic carbocycles. The Labute approximate surface area is 192 Å². The van der Waals surface area contributed by atoms with Crippen LogP contribution in [-0.2, 0) is 30.2 Å². The summed E-state index contributed by atoms with van der Waals surface area (Å²) < 4.78 is 17.5. The molecule has 1 rings (SSSR count). The molecule has 1 saturated carbocycles. The first kappa shape index (κ1) is 44.9. The Hall–Kier alpha value is 2.75. The summed E-state index contributed by atoms with van der Waals surface area (Å²) in [5.74, 6) is 0. The van der Waals surface area contributed by atoms with Gasteiger partial charge in [0.1, 0.15) is 0 Å². The molecule has 0 radical (unpaired) electrons. The summed E-state index contributed by atoms with van der Waals surface area (Å²) in [6.07, 6.45) is 4.80. The van der Waals surface area contributed by atoms with E-state index in [1.807, 2.05) is 0 Å². The number of rotatable bonds is 0. The summed E-state index contributed by atoms with van der Waals surface area (Å²) in [6.45, 7) is 0. The van der Waals surface area contributed by atoms with E-state index in [0.29, 0.717) is 0 Å². The second-order valence-electron chi connectivity index (χ2n) is 3.59. The molecule has 0 spiro atoms. The van der Waals surface area contributed by atoms with Crippen molar-refractivity contribution in [3.05, 3.63) is 0 Å². The average Bonchev–Trinajstić information content (AvgIpc) is 2.04. The molecule has 0 heterocycles. The molecule has 0 bridgehead atoms. The molecule has 12 nitrogen and oxygen atoms in total. The molecule has 136 valence electrons. The van der Waals surface area contributed by atoms with Crippen molar-refractivity contribution >= 4 is 15.6 Å². The number of phosphoric acid groups is 2. The van der Waals surface area contributed by atoms with E-state index >= 15 is 0 Å². The van der Waals surface area contributed by atoms with Crippen LogP contribution in [0.15, 0.2) is 0 Å².